The van der Waals surface area contributed by atoms with Gasteiger partial charge in [-0.1, -0.05) is 26.8 Å². The van der Waals surface area contributed by atoms with Crippen molar-refractivity contribution in [3.63, 3.8) is 0 Å². The van der Waals surface area contributed by atoms with Crippen molar-refractivity contribution in [2.75, 3.05) is 19.7 Å². The average Bonchev–Trinajstić information content (AvgIpc) is 3.08. The summed E-state index contributed by atoms with van der Waals surface area (Å²) in [6, 6.07) is -0.235. The highest BCUT2D eigenvalue weighted by Crippen LogP contribution is 2.37. The Labute approximate surface area is 165 Å². The lowest BCUT2D eigenvalue weighted by Crippen LogP contribution is -2.54. The number of carbonyl (C=O) groups excluding carboxylic acids is 1. The maximum Gasteiger partial charge on any atom is 0.317 e. The second kappa shape index (κ2) is 9.07. The summed E-state index contributed by atoms with van der Waals surface area (Å²) >= 11 is 0. The van der Waals surface area contributed by atoms with E-state index < -0.39 is 14.6 Å². The van der Waals surface area contributed by atoms with E-state index in [0.29, 0.717) is 6.61 Å². The third-order valence-electron chi connectivity index (χ3n) is 5.69. The minimum Gasteiger partial charge on any atom is -0.414 e. The Hall–Kier alpha value is -0.893. The largest absolute Gasteiger partial charge is 0.414 e. The maximum atomic E-state index is 12.5. The van der Waals surface area contributed by atoms with E-state index in [4.69, 9.17) is 13.9 Å². The summed E-state index contributed by atoms with van der Waals surface area (Å²) in [4.78, 5) is 14.4. The van der Waals surface area contributed by atoms with Crippen molar-refractivity contribution in [2.24, 2.45) is 0 Å². The number of hydrogen-bond donors (Lipinski definition) is 1. The van der Waals surface area contributed by atoms with Crippen LogP contribution in [0.1, 0.15) is 47.5 Å². The first-order chi connectivity index (χ1) is 12.5. The van der Waals surface area contributed by atoms with E-state index in [2.05, 4.69) is 39.2 Å². The predicted octanol–water partition coefficient (Wildman–Crippen LogP) is 3.89. The van der Waals surface area contributed by atoms with Gasteiger partial charge < -0.3 is 24.1 Å². The molecule has 6 nitrogen and oxygen atoms in total. The SMILES string of the molecule is CC(C)O[C@@H]1C=C[C@H](NC(=O)N2CCCC2)[C@@H](CO[Si](C)(C)C(C)(C)C)O1. The minimum atomic E-state index is -1.91. The van der Waals surface area contributed by atoms with Gasteiger partial charge in [-0.2, -0.15) is 0 Å². The van der Waals surface area contributed by atoms with Crippen LogP contribution in [0, 0.1) is 0 Å². The van der Waals surface area contributed by atoms with Gasteiger partial charge in [0.25, 0.3) is 0 Å². The highest BCUT2D eigenvalue weighted by molar-refractivity contribution is 6.74. The number of likely N-dealkylation sites (tertiary alicyclic amines) is 1. The quantitative estimate of drug-likeness (QED) is 0.545. The molecule has 0 aromatic heterocycles. The van der Waals surface area contributed by atoms with E-state index in [1.54, 1.807) is 0 Å². The number of hydrogen-bond acceptors (Lipinski definition) is 4. The number of carbonyl (C=O) groups is 1. The highest BCUT2D eigenvalue weighted by atomic mass is 28.4. The van der Waals surface area contributed by atoms with Gasteiger partial charge in [-0.05, 0) is 50.9 Å². The van der Waals surface area contributed by atoms with Crippen molar-refractivity contribution < 1.29 is 18.7 Å². The first-order valence-corrected chi connectivity index (χ1v) is 13.1. The van der Waals surface area contributed by atoms with Crippen molar-refractivity contribution >= 4 is 14.3 Å². The van der Waals surface area contributed by atoms with E-state index in [1.165, 1.54) is 0 Å². The smallest absolute Gasteiger partial charge is 0.317 e. The molecule has 0 aliphatic carbocycles. The number of urea groups is 1. The lowest BCUT2D eigenvalue weighted by atomic mass is 10.1. The van der Waals surface area contributed by atoms with Gasteiger partial charge in [0, 0.05) is 13.1 Å². The lowest BCUT2D eigenvalue weighted by Gasteiger charge is -2.40. The van der Waals surface area contributed by atoms with Gasteiger partial charge in [-0.15, -0.1) is 0 Å². The Morgan fingerprint density at radius 2 is 1.89 bits per heavy atom. The summed E-state index contributed by atoms with van der Waals surface area (Å²) in [6.07, 6.45) is 5.43. The molecule has 2 rings (SSSR count). The normalized spacial score (nSPS) is 26.7. The highest BCUT2D eigenvalue weighted by Gasteiger charge is 2.39. The lowest BCUT2D eigenvalue weighted by molar-refractivity contribution is -0.176. The Morgan fingerprint density at radius 3 is 2.44 bits per heavy atom. The molecule has 2 aliphatic rings. The van der Waals surface area contributed by atoms with Gasteiger partial charge in [-0.25, -0.2) is 4.79 Å². The number of nitrogens with one attached hydrogen (secondary N) is 1. The molecule has 0 aromatic rings. The van der Waals surface area contributed by atoms with Crippen LogP contribution in [0.25, 0.3) is 0 Å². The molecule has 0 saturated carbocycles. The van der Waals surface area contributed by atoms with Crippen LogP contribution in [-0.4, -0.2) is 63.5 Å². The fourth-order valence-electron chi connectivity index (χ4n) is 2.93. The molecular weight excluding hydrogens is 360 g/mol. The third-order valence-corrected chi connectivity index (χ3v) is 10.2. The number of rotatable bonds is 6. The topological polar surface area (TPSA) is 60.0 Å². The van der Waals surface area contributed by atoms with Gasteiger partial charge in [-0.3, -0.25) is 0 Å². The van der Waals surface area contributed by atoms with Crippen molar-refractivity contribution in [1.82, 2.24) is 10.2 Å². The van der Waals surface area contributed by atoms with Crippen LogP contribution in [0.5, 0.6) is 0 Å². The van der Waals surface area contributed by atoms with Crippen LogP contribution >= 0.6 is 0 Å². The van der Waals surface area contributed by atoms with Crippen LogP contribution in [0.4, 0.5) is 4.79 Å². The van der Waals surface area contributed by atoms with Gasteiger partial charge in [0.2, 0.25) is 0 Å². The monoisotopic (exact) mass is 398 g/mol. The molecule has 2 aliphatic heterocycles. The molecule has 1 N–H and O–H groups in total. The van der Waals surface area contributed by atoms with Gasteiger partial charge in [0.15, 0.2) is 14.6 Å². The molecular formula is C20H38N2O4Si. The number of nitrogens with zero attached hydrogens (tertiary/aromatic N) is 1. The zero-order valence-electron chi connectivity index (χ0n) is 18.1. The van der Waals surface area contributed by atoms with E-state index in [9.17, 15) is 4.79 Å². The van der Waals surface area contributed by atoms with E-state index >= 15 is 0 Å². The molecule has 1 saturated heterocycles. The van der Waals surface area contributed by atoms with Gasteiger partial charge >= 0.3 is 6.03 Å². The summed E-state index contributed by atoms with van der Waals surface area (Å²) in [5.74, 6) is 0. The van der Waals surface area contributed by atoms with Crippen molar-refractivity contribution in [3.8, 4) is 0 Å². The summed E-state index contributed by atoms with van der Waals surface area (Å²) in [6.45, 7) is 17.2. The third kappa shape index (κ3) is 6.31. The minimum absolute atomic E-state index is 0.0219. The van der Waals surface area contributed by atoms with E-state index in [1.807, 2.05) is 30.9 Å². The average molecular weight is 399 g/mol. The summed E-state index contributed by atoms with van der Waals surface area (Å²) in [5, 5.41) is 3.24. The first kappa shape index (κ1) is 22.4. The standard InChI is InChI=1S/C20H38N2O4Si/c1-15(2)25-18-11-10-16(21-19(23)22-12-8-9-13-22)17(26-18)14-24-27(6,7)20(3,4)5/h10-11,15-18H,8-9,12-14H2,1-7H3,(H,21,23)/t16-,17+,18-/m0/s1. The van der Waals surface area contributed by atoms with E-state index in [-0.39, 0.29) is 29.3 Å². The van der Waals surface area contributed by atoms with Crippen molar-refractivity contribution in [3.05, 3.63) is 12.2 Å². The summed E-state index contributed by atoms with van der Waals surface area (Å²) in [5.41, 5.74) is 0. The summed E-state index contributed by atoms with van der Waals surface area (Å²) < 4.78 is 18.3. The van der Waals surface area contributed by atoms with Crippen LogP contribution in [-0.2, 0) is 13.9 Å². The van der Waals surface area contributed by atoms with Crippen LogP contribution in [0.15, 0.2) is 12.2 Å². The number of amides is 2. The zero-order chi connectivity index (χ0) is 20.2. The van der Waals surface area contributed by atoms with Crippen molar-refractivity contribution in [2.45, 2.75) is 90.1 Å². The fraction of sp³-hybridized carbons (Fsp3) is 0.850. The first-order valence-electron chi connectivity index (χ1n) is 10.2. The molecule has 7 heteroatoms. The second-order valence-electron chi connectivity index (χ2n) is 9.35. The fourth-order valence-corrected chi connectivity index (χ4v) is 3.94. The zero-order valence-corrected chi connectivity index (χ0v) is 19.1. The molecule has 0 unspecified atom stereocenters. The molecule has 2 amide bonds. The number of ether oxygens (including phenoxy) is 2. The predicted molar refractivity (Wildman–Crippen MR) is 110 cm³/mol. The Kier molecular flexibility index (Phi) is 7.52. The van der Waals surface area contributed by atoms with Crippen LogP contribution in [0.3, 0.4) is 0 Å². The van der Waals surface area contributed by atoms with E-state index in [0.717, 1.165) is 25.9 Å². The molecule has 0 aromatic carbocycles. The molecule has 156 valence electrons. The van der Waals surface area contributed by atoms with Crippen LogP contribution in [0.2, 0.25) is 18.1 Å². The Balaban J connectivity index is 2.04. The molecule has 1 fully saturated rings. The van der Waals surface area contributed by atoms with Crippen molar-refractivity contribution in [1.29, 1.82) is 0 Å². The molecule has 27 heavy (non-hydrogen) atoms. The molecule has 0 radical (unpaired) electrons. The molecule has 0 spiro atoms. The Bertz CT molecular complexity index is 525. The van der Waals surface area contributed by atoms with Gasteiger partial charge in [0.1, 0.15) is 6.10 Å². The maximum absolute atomic E-state index is 12.5. The summed E-state index contributed by atoms with van der Waals surface area (Å²) in [7, 11) is -1.91. The Morgan fingerprint density at radius 1 is 1.26 bits per heavy atom. The molecule has 0 bridgehead atoms. The van der Waals surface area contributed by atoms with Gasteiger partial charge in [0.05, 0.1) is 18.8 Å². The van der Waals surface area contributed by atoms with Crippen LogP contribution < -0.4 is 5.32 Å². The second-order valence-corrected chi connectivity index (χ2v) is 14.2. The molecule has 2 heterocycles. The molecule has 3 atom stereocenters.